The lowest BCUT2D eigenvalue weighted by Gasteiger charge is -2.43. The molecule has 5 atom stereocenters. The van der Waals surface area contributed by atoms with Gasteiger partial charge in [-0.05, 0) is 80.1 Å². The van der Waals surface area contributed by atoms with Gasteiger partial charge in [0.1, 0.15) is 6.29 Å². The lowest BCUT2D eigenvalue weighted by atomic mass is 9.61. The molecular weight excluding hydrogens is 292 g/mol. The van der Waals surface area contributed by atoms with Gasteiger partial charge in [-0.15, -0.1) is 0 Å². The Kier molecular flexibility index (Phi) is 5.18. The second-order valence-corrected chi connectivity index (χ2v) is 8.98. The van der Waals surface area contributed by atoms with Gasteiger partial charge < -0.3 is 4.79 Å². The number of carbonyl (C=O) groups is 1. The van der Waals surface area contributed by atoms with Crippen molar-refractivity contribution in [3.63, 3.8) is 0 Å². The highest BCUT2D eigenvalue weighted by molar-refractivity contribution is 5.54. The van der Waals surface area contributed by atoms with Crippen LogP contribution in [0.3, 0.4) is 0 Å². The van der Waals surface area contributed by atoms with Crippen molar-refractivity contribution < 1.29 is 4.79 Å². The first-order valence-corrected chi connectivity index (χ1v) is 9.98. The fourth-order valence-corrected chi connectivity index (χ4v) is 5.83. The van der Waals surface area contributed by atoms with Crippen LogP contribution in [-0.4, -0.2) is 6.29 Å². The summed E-state index contributed by atoms with van der Waals surface area (Å²) in [5.74, 6) is 2.25. The predicted molar refractivity (Wildman–Crippen MR) is 102 cm³/mol. The van der Waals surface area contributed by atoms with Gasteiger partial charge in [-0.25, -0.2) is 0 Å². The van der Waals surface area contributed by atoms with Crippen LogP contribution in [0.4, 0.5) is 0 Å². The highest BCUT2D eigenvalue weighted by atomic mass is 16.1. The van der Waals surface area contributed by atoms with E-state index in [2.05, 4.69) is 39.5 Å². The van der Waals surface area contributed by atoms with E-state index in [1.54, 1.807) is 5.57 Å². The molecule has 1 heteroatoms. The maximum absolute atomic E-state index is 11.4. The van der Waals surface area contributed by atoms with Crippen molar-refractivity contribution in [2.24, 2.45) is 29.1 Å². The molecule has 3 fully saturated rings. The number of aldehydes is 1. The van der Waals surface area contributed by atoms with E-state index in [1.165, 1.54) is 62.4 Å². The summed E-state index contributed by atoms with van der Waals surface area (Å²) in [4.78, 5) is 11.4. The molecule has 1 nitrogen and oxygen atoms in total. The minimum Gasteiger partial charge on any atom is -0.303 e. The molecule has 3 saturated carbocycles. The quantitative estimate of drug-likeness (QED) is 0.559. The number of fused-ring (bicyclic) bond motifs is 1. The Bertz CT molecular complexity index is 567. The van der Waals surface area contributed by atoms with Gasteiger partial charge in [-0.3, -0.25) is 0 Å². The third kappa shape index (κ3) is 3.19. The average Bonchev–Trinajstić information content (AvgIpc) is 2.92. The molecule has 0 saturated heterocycles. The van der Waals surface area contributed by atoms with E-state index in [0.717, 1.165) is 12.3 Å². The van der Waals surface area contributed by atoms with Gasteiger partial charge in [0.15, 0.2) is 0 Å². The summed E-state index contributed by atoms with van der Waals surface area (Å²) in [6, 6.07) is 0. The molecule has 0 heterocycles. The van der Waals surface area contributed by atoms with Gasteiger partial charge in [0.25, 0.3) is 0 Å². The van der Waals surface area contributed by atoms with Crippen LogP contribution in [0.5, 0.6) is 0 Å². The zero-order chi connectivity index (χ0) is 17.3. The Morgan fingerprint density at radius 3 is 2.75 bits per heavy atom. The summed E-state index contributed by atoms with van der Waals surface area (Å²) >= 11 is 0. The molecule has 0 bridgehead atoms. The van der Waals surface area contributed by atoms with E-state index >= 15 is 0 Å². The molecule has 0 aromatic rings. The minimum absolute atomic E-state index is 0.205. The lowest BCUT2D eigenvalue weighted by Crippen LogP contribution is -2.36. The van der Waals surface area contributed by atoms with Crippen molar-refractivity contribution in [1.82, 2.24) is 0 Å². The third-order valence-corrected chi connectivity index (χ3v) is 7.35. The van der Waals surface area contributed by atoms with E-state index in [0.29, 0.717) is 17.3 Å². The Balaban J connectivity index is 1.82. The fourth-order valence-electron chi connectivity index (χ4n) is 5.83. The van der Waals surface area contributed by atoms with Crippen molar-refractivity contribution in [3.8, 4) is 0 Å². The van der Waals surface area contributed by atoms with Crippen LogP contribution in [0.1, 0.15) is 72.1 Å². The normalized spacial score (nSPS) is 41.5. The Morgan fingerprint density at radius 1 is 1.21 bits per heavy atom. The number of hydrogen-bond acceptors (Lipinski definition) is 1. The lowest BCUT2D eigenvalue weighted by molar-refractivity contribution is -0.113. The molecule has 0 aromatic carbocycles. The summed E-state index contributed by atoms with van der Waals surface area (Å²) in [6.07, 6.45) is 16.0. The Morgan fingerprint density at radius 2 is 2.00 bits per heavy atom. The van der Waals surface area contributed by atoms with Gasteiger partial charge in [-0.1, -0.05) is 50.6 Å². The van der Waals surface area contributed by atoms with Crippen molar-refractivity contribution in [2.75, 3.05) is 0 Å². The average molecular weight is 327 g/mol. The molecule has 0 spiro atoms. The molecule has 0 aromatic heterocycles. The molecule has 3 aliphatic rings. The van der Waals surface area contributed by atoms with Crippen molar-refractivity contribution in [1.29, 1.82) is 0 Å². The summed E-state index contributed by atoms with van der Waals surface area (Å²) in [7, 11) is 0. The second-order valence-electron chi connectivity index (χ2n) is 8.98. The van der Waals surface area contributed by atoms with E-state index < -0.39 is 0 Å². The van der Waals surface area contributed by atoms with Crippen LogP contribution in [-0.2, 0) is 4.79 Å². The van der Waals surface area contributed by atoms with Crippen molar-refractivity contribution >= 4 is 6.29 Å². The zero-order valence-corrected chi connectivity index (χ0v) is 15.8. The third-order valence-electron chi connectivity index (χ3n) is 7.35. The number of allylic oxidation sites excluding steroid dienone is 5. The number of hydrogen-bond donors (Lipinski definition) is 0. The maximum atomic E-state index is 11.4. The molecule has 3 aliphatic carbocycles. The van der Waals surface area contributed by atoms with Crippen LogP contribution < -0.4 is 0 Å². The fraction of sp³-hybridized carbons (Fsp3) is 0.696. The van der Waals surface area contributed by atoms with E-state index in [-0.39, 0.29) is 5.92 Å². The summed E-state index contributed by atoms with van der Waals surface area (Å²) in [6.45, 7) is 11.2. The molecule has 0 aliphatic heterocycles. The van der Waals surface area contributed by atoms with Crippen LogP contribution in [0.25, 0.3) is 0 Å². The predicted octanol–water partition coefficient (Wildman–Crippen LogP) is 6.27. The van der Waals surface area contributed by atoms with Crippen molar-refractivity contribution in [2.45, 2.75) is 72.1 Å². The van der Waals surface area contributed by atoms with Crippen LogP contribution >= 0.6 is 0 Å². The molecule has 0 N–H and O–H groups in total. The minimum atomic E-state index is 0.205. The first-order chi connectivity index (χ1) is 11.5. The van der Waals surface area contributed by atoms with Gasteiger partial charge in [0.2, 0.25) is 0 Å². The molecule has 0 radical (unpaired) electrons. The maximum Gasteiger partial charge on any atom is 0.123 e. The van der Waals surface area contributed by atoms with Crippen LogP contribution in [0, 0.1) is 29.1 Å². The molecule has 0 amide bonds. The largest absolute Gasteiger partial charge is 0.303 e. The first-order valence-electron chi connectivity index (χ1n) is 9.98. The zero-order valence-electron chi connectivity index (χ0n) is 15.8. The van der Waals surface area contributed by atoms with E-state index in [4.69, 9.17) is 0 Å². The monoisotopic (exact) mass is 326 g/mol. The first kappa shape index (κ1) is 17.7. The number of rotatable bonds is 3. The summed E-state index contributed by atoms with van der Waals surface area (Å²) in [5.41, 5.74) is 4.80. The SMILES string of the molecule is C=C1CC[C@H](C)C/C1=C\C=C1/CCC[C@@]2(C)[C@H]1CC[C@H]2[C@H](C)C=O. The molecule has 24 heavy (non-hydrogen) atoms. The summed E-state index contributed by atoms with van der Waals surface area (Å²) < 4.78 is 0. The smallest absolute Gasteiger partial charge is 0.123 e. The molecule has 132 valence electrons. The van der Waals surface area contributed by atoms with Gasteiger partial charge in [-0.2, -0.15) is 0 Å². The van der Waals surface area contributed by atoms with Crippen LogP contribution in [0.15, 0.2) is 35.5 Å². The standard InChI is InChI=1S/C23H34O/c1-16-7-8-17(2)20(14-16)10-9-19-6-5-13-23(4)21(18(3)15-24)11-12-22(19)23/h9-10,15-16,18,21-22H,2,5-8,11-14H2,1,3-4H3/b19-9+,20-10+/t16-,18+,21-,22-,23+/m0/s1. The van der Waals surface area contributed by atoms with Gasteiger partial charge >= 0.3 is 0 Å². The highest BCUT2D eigenvalue weighted by Gasteiger charge is 2.50. The number of carbonyl (C=O) groups excluding carboxylic acids is 1. The highest BCUT2D eigenvalue weighted by Crippen LogP contribution is 2.59. The van der Waals surface area contributed by atoms with Crippen LogP contribution in [0.2, 0.25) is 0 Å². The van der Waals surface area contributed by atoms with E-state index in [1.807, 2.05) is 0 Å². The molecular formula is C23H34O. The van der Waals surface area contributed by atoms with E-state index in [9.17, 15) is 4.79 Å². The van der Waals surface area contributed by atoms with Gasteiger partial charge in [0.05, 0.1) is 0 Å². The second kappa shape index (κ2) is 7.02. The van der Waals surface area contributed by atoms with Crippen molar-refractivity contribution in [3.05, 3.63) is 35.5 Å². The topological polar surface area (TPSA) is 17.1 Å². The molecule has 3 rings (SSSR count). The Hall–Kier alpha value is -1.11. The summed E-state index contributed by atoms with van der Waals surface area (Å²) in [5, 5.41) is 0. The van der Waals surface area contributed by atoms with Gasteiger partial charge in [0, 0.05) is 5.92 Å². The Labute approximate surface area is 148 Å². The molecule has 0 unspecified atom stereocenters.